The molecule has 1 saturated heterocycles. The van der Waals surface area contributed by atoms with Gasteiger partial charge in [0.2, 0.25) is 5.95 Å². The van der Waals surface area contributed by atoms with Crippen molar-refractivity contribution >= 4 is 21.7 Å². The van der Waals surface area contributed by atoms with Crippen LogP contribution in [0.1, 0.15) is 43.4 Å². The van der Waals surface area contributed by atoms with Crippen molar-refractivity contribution in [1.29, 1.82) is 0 Å². The summed E-state index contributed by atoms with van der Waals surface area (Å²) >= 11 is 0. The predicted octanol–water partition coefficient (Wildman–Crippen LogP) is 0.937. The Morgan fingerprint density at radius 3 is 2.65 bits per heavy atom. The van der Waals surface area contributed by atoms with Crippen LogP contribution in [0.15, 0.2) is 6.07 Å². The van der Waals surface area contributed by atoms with Gasteiger partial charge < -0.3 is 10.2 Å². The fraction of sp³-hybridized carbons (Fsp3) is 0.667. The first-order valence-electron chi connectivity index (χ1n) is 7.85. The van der Waals surface area contributed by atoms with Gasteiger partial charge in [-0.1, -0.05) is 0 Å². The Morgan fingerprint density at radius 1 is 1.43 bits per heavy atom. The number of sulfone groups is 1. The van der Waals surface area contributed by atoms with Gasteiger partial charge in [0.1, 0.15) is 5.69 Å². The van der Waals surface area contributed by atoms with E-state index in [1.165, 1.54) is 0 Å². The van der Waals surface area contributed by atoms with Crippen molar-refractivity contribution in [2.45, 2.75) is 46.2 Å². The van der Waals surface area contributed by atoms with Crippen molar-refractivity contribution in [2.75, 3.05) is 23.0 Å². The van der Waals surface area contributed by atoms with E-state index in [2.05, 4.69) is 15.3 Å². The molecule has 1 fully saturated rings. The van der Waals surface area contributed by atoms with Crippen LogP contribution in [0.2, 0.25) is 0 Å². The first kappa shape index (κ1) is 17.7. The van der Waals surface area contributed by atoms with Crippen molar-refractivity contribution < 1.29 is 13.2 Å². The van der Waals surface area contributed by atoms with E-state index in [0.29, 0.717) is 30.3 Å². The number of aromatic nitrogens is 2. The standard InChI is InChI=1S/C15H24N4O3S/c1-5-19(12-6-7-23(21,22)9-12)15-17-11(4)8-13(18-15)14(20)16-10(2)3/h8,10,12H,5-7,9H2,1-4H3,(H,16,20). The molecule has 128 valence electrons. The van der Waals surface area contributed by atoms with Gasteiger partial charge in [-0.05, 0) is 40.2 Å². The van der Waals surface area contributed by atoms with E-state index in [0.717, 1.165) is 0 Å². The maximum atomic E-state index is 12.2. The van der Waals surface area contributed by atoms with Crippen LogP contribution in [0.3, 0.4) is 0 Å². The number of carbonyl (C=O) groups excluding carboxylic acids is 1. The lowest BCUT2D eigenvalue weighted by Gasteiger charge is -2.27. The SMILES string of the molecule is CCN(c1nc(C)cc(C(=O)NC(C)C)n1)C1CCS(=O)(=O)C1. The second-order valence-corrected chi connectivity index (χ2v) is 8.39. The van der Waals surface area contributed by atoms with Gasteiger partial charge in [0, 0.05) is 24.3 Å². The van der Waals surface area contributed by atoms with Gasteiger partial charge >= 0.3 is 0 Å². The topological polar surface area (TPSA) is 92.3 Å². The lowest BCUT2D eigenvalue weighted by Crippen LogP contribution is -2.38. The molecule has 1 amide bonds. The van der Waals surface area contributed by atoms with Crippen LogP contribution >= 0.6 is 0 Å². The highest BCUT2D eigenvalue weighted by Gasteiger charge is 2.33. The summed E-state index contributed by atoms with van der Waals surface area (Å²) in [5, 5.41) is 2.81. The molecular weight excluding hydrogens is 316 g/mol. The van der Waals surface area contributed by atoms with E-state index in [1.54, 1.807) is 13.0 Å². The van der Waals surface area contributed by atoms with E-state index < -0.39 is 9.84 Å². The molecule has 0 bridgehead atoms. The minimum absolute atomic E-state index is 0.0171. The summed E-state index contributed by atoms with van der Waals surface area (Å²) in [5.41, 5.74) is 0.990. The molecule has 1 aliphatic rings. The number of nitrogens with zero attached hydrogens (tertiary/aromatic N) is 3. The van der Waals surface area contributed by atoms with E-state index in [1.807, 2.05) is 25.7 Å². The van der Waals surface area contributed by atoms with Crippen LogP contribution in [0.5, 0.6) is 0 Å². The molecule has 2 rings (SSSR count). The number of nitrogens with one attached hydrogen (secondary N) is 1. The first-order valence-corrected chi connectivity index (χ1v) is 9.67. The Labute approximate surface area is 137 Å². The fourth-order valence-corrected chi connectivity index (χ4v) is 4.45. The Bertz CT molecular complexity index is 688. The molecule has 1 unspecified atom stereocenters. The molecule has 1 aliphatic heterocycles. The maximum absolute atomic E-state index is 12.2. The molecule has 23 heavy (non-hydrogen) atoms. The average Bonchev–Trinajstić information content (AvgIpc) is 2.78. The summed E-state index contributed by atoms with van der Waals surface area (Å²) in [6, 6.07) is 1.52. The molecule has 8 heteroatoms. The van der Waals surface area contributed by atoms with Gasteiger partial charge in [0.05, 0.1) is 11.5 Å². The third-order valence-corrected chi connectivity index (χ3v) is 5.49. The lowest BCUT2D eigenvalue weighted by molar-refractivity contribution is 0.0938. The molecule has 1 N–H and O–H groups in total. The monoisotopic (exact) mass is 340 g/mol. The second-order valence-electron chi connectivity index (χ2n) is 6.17. The van der Waals surface area contributed by atoms with Gasteiger partial charge in [0.25, 0.3) is 5.91 Å². The highest BCUT2D eigenvalue weighted by Crippen LogP contribution is 2.22. The minimum atomic E-state index is -2.99. The quantitative estimate of drug-likeness (QED) is 0.857. The van der Waals surface area contributed by atoms with Crippen LogP contribution in [0, 0.1) is 6.92 Å². The number of rotatable bonds is 5. The zero-order chi connectivity index (χ0) is 17.2. The molecule has 0 saturated carbocycles. The number of carbonyl (C=O) groups is 1. The van der Waals surface area contributed by atoms with Gasteiger partial charge in [-0.15, -0.1) is 0 Å². The Kier molecular flexibility index (Phi) is 5.23. The summed E-state index contributed by atoms with van der Waals surface area (Å²) in [4.78, 5) is 22.8. The van der Waals surface area contributed by atoms with Crippen LogP contribution in [-0.2, 0) is 9.84 Å². The molecule has 0 radical (unpaired) electrons. The van der Waals surface area contributed by atoms with E-state index in [4.69, 9.17) is 0 Å². The number of aryl methyl sites for hydroxylation is 1. The number of amides is 1. The van der Waals surface area contributed by atoms with E-state index in [-0.39, 0.29) is 29.5 Å². The maximum Gasteiger partial charge on any atom is 0.270 e. The van der Waals surface area contributed by atoms with Crippen molar-refractivity contribution in [3.8, 4) is 0 Å². The molecule has 1 aromatic heterocycles. The van der Waals surface area contributed by atoms with Crippen LogP contribution in [0.4, 0.5) is 5.95 Å². The number of hydrogen-bond donors (Lipinski definition) is 1. The zero-order valence-electron chi connectivity index (χ0n) is 14.0. The van der Waals surface area contributed by atoms with Gasteiger partial charge in [0.15, 0.2) is 9.84 Å². The highest BCUT2D eigenvalue weighted by atomic mass is 32.2. The van der Waals surface area contributed by atoms with Crippen molar-refractivity contribution in [1.82, 2.24) is 15.3 Å². The summed E-state index contributed by atoms with van der Waals surface area (Å²) in [6.07, 6.45) is 0.570. The largest absolute Gasteiger partial charge is 0.349 e. The Balaban J connectivity index is 2.30. The third-order valence-electron chi connectivity index (χ3n) is 3.74. The summed E-state index contributed by atoms with van der Waals surface area (Å²) in [5.74, 6) is 0.483. The number of anilines is 1. The van der Waals surface area contributed by atoms with Crippen LogP contribution in [-0.4, -0.2) is 54.4 Å². The van der Waals surface area contributed by atoms with Crippen molar-refractivity contribution in [2.24, 2.45) is 0 Å². The van der Waals surface area contributed by atoms with Gasteiger partial charge in [-0.2, -0.15) is 0 Å². The average molecular weight is 340 g/mol. The highest BCUT2D eigenvalue weighted by molar-refractivity contribution is 7.91. The fourth-order valence-electron chi connectivity index (χ4n) is 2.72. The van der Waals surface area contributed by atoms with Crippen molar-refractivity contribution in [3.05, 3.63) is 17.5 Å². The second kappa shape index (κ2) is 6.82. The van der Waals surface area contributed by atoms with Gasteiger partial charge in [-0.3, -0.25) is 4.79 Å². The summed E-state index contributed by atoms with van der Waals surface area (Å²) in [6.45, 7) is 8.10. The molecule has 1 aromatic rings. The molecule has 7 nitrogen and oxygen atoms in total. The number of hydrogen-bond acceptors (Lipinski definition) is 6. The smallest absolute Gasteiger partial charge is 0.270 e. The molecule has 0 aliphatic carbocycles. The Hall–Kier alpha value is -1.70. The van der Waals surface area contributed by atoms with E-state index >= 15 is 0 Å². The van der Waals surface area contributed by atoms with Crippen molar-refractivity contribution in [3.63, 3.8) is 0 Å². The van der Waals surface area contributed by atoms with Gasteiger partial charge in [-0.25, -0.2) is 18.4 Å². The zero-order valence-corrected chi connectivity index (χ0v) is 14.9. The predicted molar refractivity (Wildman–Crippen MR) is 89.5 cm³/mol. The van der Waals surface area contributed by atoms with Crippen LogP contribution in [0.25, 0.3) is 0 Å². The third kappa shape index (κ3) is 4.40. The van der Waals surface area contributed by atoms with Crippen LogP contribution < -0.4 is 10.2 Å². The molecule has 2 heterocycles. The molecular formula is C15H24N4O3S. The minimum Gasteiger partial charge on any atom is -0.349 e. The normalized spacial score (nSPS) is 19.8. The Morgan fingerprint density at radius 2 is 2.13 bits per heavy atom. The molecule has 1 atom stereocenters. The molecule has 0 aromatic carbocycles. The van der Waals surface area contributed by atoms with E-state index in [9.17, 15) is 13.2 Å². The summed E-state index contributed by atoms with van der Waals surface area (Å²) in [7, 11) is -2.99. The first-order chi connectivity index (χ1) is 10.7. The molecule has 0 spiro atoms. The summed E-state index contributed by atoms with van der Waals surface area (Å²) < 4.78 is 23.4. The lowest BCUT2D eigenvalue weighted by atomic mass is 10.2.